The predicted octanol–water partition coefficient (Wildman–Crippen LogP) is 2.93. The molecule has 0 saturated carbocycles. The van der Waals surface area contributed by atoms with Crippen molar-refractivity contribution in [1.29, 1.82) is 0 Å². The van der Waals surface area contributed by atoms with E-state index < -0.39 is 0 Å². The standard InChI is InChI=1S/C19H25N3/c1-21-12-14-22(15-13-21)11-5-7-17-6-4-8-18(16-17)19-9-2-3-10-20-19/h2-4,6,8-10,16H,5,7,11-15H2,1H3. The largest absolute Gasteiger partial charge is 0.304 e. The maximum Gasteiger partial charge on any atom is 0.0702 e. The van der Waals surface area contributed by atoms with E-state index in [0.29, 0.717) is 0 Å². The van der Waals surface area contributed by atoms with Gasteiger partial charge in [-0.05, 0) is 50.2 Å². The molecule has 0 unspecified atom stereocenters. The highest BCUT2D eigenvalue weighted by Gasteiger charge is 2.12. The summed E-state index contributed by atoms with van der Waals surface area (Å²) in [6, 6.07) is 14.9. The minimum absolute atomic E-state index is 1.06. The SMILES string of the molecule is CN1CCN(CCCc2cccc(-c3ccccn3)c2)CC1. The molecule has 0 aliphatic carbocycles. The van der Waals surface area contributed by atoms with Gasteiger partial charge in [-0.2, -0.15) is 0 Å². The summed E-state index contributed by atoms with van der Waals surface area (Å²) < 4.78 is 0. The number of aromatic nitrogens is 1. The minimum atomic E-state index is 1.06. The lowest BCUT2D eigenvalue weighted by molar-refractivity contribution is 0.153. The Morgan fingerprint density at radius 2 is 1.86 bits per heavy atom. The summed E-state index contributed by atoms with van der Waals surface area (Å²) in [5, 5.41) is 0. The molecule has 0 radical (unpaired) electrons. The van der Waals surface area contributed by atoms with Gasteiger partial charge in [0.05, 0.1) is 5.69 Å². The first kappa shape index (κ1) is 15.2. The smallest absolute Gasteiger partial charge is 0.0702 e. The van der Waals surface area contributed by atoms with Crippen LogP contribution in [0.25, 0.3) is 11.3 Å². The fourth-order valence-corrected chi connectivity index (χ4v) is 3.00. The van der Waals surface area contributed by atoms with Gasteiger partial charge in [0.15, 0.2) is 0 Å². The Morgan fingerprint density at radius 1 is 1.00 bits per heavy atom. The summed E-state index contributed by atoms with van der Waals surface area (Å²) in [7, 11) is 2.21. The van der Waals surface area contributed by atoms with Crippen LogP contribution in [0.4, 0.5) is 0 Å². The summed E-state index contributed by atoms with van der Waals surface area (Å²) >= 11 is 0. The van der Waals surface area contributed by atoms with Gasteiger partial charge in [0, 0.05) is 37.9 Å². The van der Waals surface area contributed by atoms with Gasteiger partial charge in [0.2, 0.25) is 0 Å². The zero-order chi connectivity index (χ0) is 15.2. The van der Waals surface area contributed by atoms with E-state index in [0.717, 1.165) is 12.1 Å². The van der Waals surface area contributed by atoms with E-state index in [1.807, 2.05) is 18.3 Å². The lowest BCUT2D eigenvalue weighted by Gasteiger charge is -2.32. The number of nitrogens with zero attached hydrogens (tertiary/aromatic N) is 3. The van der Waals surface area contributed by atoms with Crippen molar-refractivity contribution < 1.29 is 0 Å². The van der Waals surface area contributed by atoms with Crippen LogP contribution in [-0.4, -0.2) is 54.6 Å². The monoisotopic (exact) mass is 295 g/mol. The second-order valence-electron chi connectivity index (χ2n) is 6.16. The van der Waals surface area contributed by atoms with Crippen molar-refractivity contribution in [1.82, 2.24) is 14.8 Å². The third-order valence-electron chi connectivity index (χ3n) is 4.42. The molecule has 1 fully saturated rings. The average Bonchev–Trinajstić information content (AvgIpc) is 2.58. The number of hydrogen-bond donors (Lipinski definition) is 0. The van der Waals surface area contributed by atoms with Gasteiger partial charge in [0.1, 0.15) is 0 Å². The number of aryl methyl sites for hydroxylation is 1. The molecule has 116 valence electrons. The quantitative estimate of drug-likeness (QED) is 0.845. The summed E-state index contributed by atoms with van der Waals surface area (Å²) in [5.41, 5.74) is 3.69. The third kappa shape index (κ3) is 4.15. The number of piperazine rings is 1. The van der Waals surface area contributed by atoms with E-state index in [2.05, 4.69) is 52.2 Å². The maximum absolute atomic E-state index is 4.44. The van der Waals surface area contributed by atoms with Crippen molar-refractivity contribution in [3.05, 3.63) is 54.2 Å². The van der Waals surface area contributed by atoms with Crippen molar-refractivity contribution in [3.8, 4) is 11.3 Å². The first-order chi connectivity index (χ1) is 10.8. The highest BCUT2D eigenvalue weighted by atomic mass is 15.2. The minimum Gasteiger partial charge on any atom is -0.304 e. The van der Waals surface area contributed by atoms with Gasteiger partial charge in [-0.3, -0.25) is 4.98 Å². The molecular formula is C19H25N3. The summed E-state index contributed by atoms with van der Waals surface area (Å²) in [6.45, 7) is 6.04. The van der Waals surface area contributed by atoms with Gasteiger partial charge in [-0.25, -0.2) is 0 Å². The molecule has 2 aromatic rings. The van der Waals surface area contributed by atoms with Gasteiger partial charge < -0.3 is 9.80 Å². The Balaban J connectivity index is 1.53. The van der Waals surface area contributed by atoms with E-state index in [-0.39, 0.29) is 0 Å². The average molecular weight is 295 g/mol. The number of benzene rings is 1. The third-order valence-corrected chi connectivity index (χ3v) is 4.42. The van der Waals surface area contributed by atoms with E-state index in [1.54, 1.807) is 0 Å². The van der Waals surface area contributed by atoms with E-state index in [4.69, 9.17) is 0 Å². The Hall–Kier alpha value is -1.71. The maximum atomic E-state index is 4.44. The van der Waals surface area contributed by atoms with Crippen LogP contribution in [0.15, 0.2) is 48.7 Å². The van der Waals surface area contributed by atoms with E-state index in [9.17, 15) is 0 Å². The van der Waals surface area contributed by atoms with E-state index in [1.165, 1.54) is 50.3 Å². The van der Waals surface area contributed by atoms with Crippen molar-refractivity contribution in [2.75, 3.05) is 39.8 Å². The molecule has 1 aromatic heterocycles. The lowest BCUT2D eigenvalue weighted by Crippen LogP contribution is -2.44. The molecular weight excluding hydrogens is 270 g/mol. The highest BCUT2D eigenvalue weighted by Crippen LogP contribution is 2.18. The van der Waals surface area contributed by atoms with Crippen LogP contribution < -0.4 is 0 Å². The fourth-order valence-electron chi connectivity index (χ4n) is 3.00. The molecule has 3 nitrogen and oxygen atoms in total. The van der Waals surface area contributed by atoms with Crippen LogP contribution in [0, 0.1) is 0 Å². The summed E-state index contributed by atoms with van der Waals surface area (Å²) in [4.78, 5) is 9.43. The topological polar surface area (TPSA) is 19.4 Å². The Morgan fingerprint density at radius 3 is 2.64 bits per heavy atom. The van der Waals surface area contributed by atoms with Gasteiger partial charge in [-0.1, -0.05) is 24.3 Å². The first-order valence-electron chi connectivity index (χ1n) is 8.22. The molecule has 0 amide bonds. The van der Waals surface area contributed by atoms with Crippen molar-refractivity contribution in [2.45, 2.75) is 12.8 Å². The summed E-state index contributed by atoms with van der Waals surface area (Å²) in [5.74, 6) is 0. The number of rotatable bonds is 5. The highest BCUT2D eigenvalue weighted by molar-refractivity contribution is 5.59. The molecule has 0 N–H and O–H groups in total. The molecule has 3 heteroatoms. The van der Waals surface area contributed by atoms with Crippen molar-refractivity contribution in [3.63, 3.8) is 0 Å². The Kier molecular flexibility index (Phi) is 5.20. The first-order valence-corrected chi connectivity index (χ1v) is 8.22. The Labute approximate surface area is 133 Å². The number of pyridine rings is 1. The van der Waals surface area contributed by atoms with Crippen molar-refractivity contribution in [2.24, 2.45) is 0 Å². The molecule has 0 spiro atoms. The molecule has 1 saturated heterocycles. The molecule has 3 rings (SSSR count). The Bertz CT molecular complexity index is 574. The molecule has 2 heterocycles. The predicted molar refractivity (Wildman–Crippen MR) is 91.9 cm³/mol. The fraction of sp³-hybridized carbons (Fsp3) is 0.421. The second kappa shape index (κ2) is 7.52. The zero-order valence-corrected chi connectivity index (χ0v) is 13.4. The number of hydrogen-bond acceptors (Lipinski definition) is 3. The molecule has 0 bridgehead atoms. The second-order valence-corrected chi connectivity index (χ2v) is 6.16. The molecule has 1 aromatic carbocycles. The van der Waals surface area contributed by atoms with Crippen LogP contribution in [0.5, 0.6) is 0 Å². The van der Waals surface area contributed by atoms with Gasteiger partial charge in [-0.15, -0.1) is 0 Å². The van der Waals surface area contributed by atoms with Crippen LogP contribution in [0.1, 0.15) is 12.0 Å². The molecule has 1 aliphatic rings. The molecule has 22 heavy (non-hydrogen) atoms. The van der Waals surface area contributed by atoms with Gasteiger partial charge >= 0.3 is 0 Å². The molecule has 1 aliphatic heterocycles. The van der Waals surface area contributed by atoms with Crippen LogP contribution in [-0.2, 0) is 6.42 Å². The molecule has 0 atom stereocenters. The normalized spacial score (nSPS) is 16.8. The number of likely N-dealkylation sites (N-methyl/N-ethyl adjacent to an activating group) is 1. The summed E-state index contributed by atoms with van der Waals surface area (Å²) in [6.07, 6.45) is 4.23. The van der Waals surface area contributed by atoms with E-state index >= 15 is 0 Å². The van der Waals surface area contributed by atoms with Gasteiger partial charge in [0.25, 0.3) is 0 Å². The zero-order valence-electron chi connectivity index (χ0n) is 13.4. The van der Waals surface area contributed by atoms with Crippen LogP contribution in [0.3, 0.4) is 0 Å². The van der Waals surface area contributed by atoms with Crippen molar-refractivity contribution >= 4 is 0 Å². The van der Waals surface area contributed by atoms with Crippen LogP contribution in [0.2, 0.25) is 0 Å². The van der Waals surface area contributed by atoms with Crippen LogP contribution >= 0.6 is 0 Å². The lowest BCUT2D eigenvalue weighted by atomic mass is 10.0.